The highest BCUT2D eigenvalue weighted by atomic mass is 15.1. The Bertz CT molecular complexity index is 389. The molecule has 3 nitrogen and oxygen atoms in total. The summed E-state index contributed by atoms with van der Waals surface area (Å²) in [6, 6.07) is 11.0. The van der Waals surface area contributed by atoms with Gasteiger partial charge in [-0.3, -0.25) is 5.32 Å². The Morgan fingerprint density at radius 1 is 1.28 bits per heavy atom. The highest BCUT2D eigenvalue weighted by molar-refractivity contribution is 5.47. The number of anilines is 1. The highest BCUT2D eigenvalue weighted by Gasteiger charge is 2.11. The molecule has 0 fully saturated rings. The van der Waals surface area contributed by atoms with Gasteiger partial charge in [0.05, 0.1) is 6.07 Å². The fourth-order valence-corrected chi connectivity index (χ4v) is 1.90. The molecule has 0 radical (unpaired) electrons. The molecule has 1 rings (SSSR count). The summed E-state index contributed by atoms with van der Waals surface area (Å²) in [6.45, 7) is 6.96. The average molecular weight is 245 g/mol. The van der Waals surface area contributed by atoms with Gasteiger partial charge in [0.15, 0.2) is 0 Å². The summed E-state index contributed by atoms with van der Waals surface area (Å²) in [6.07, 6.45) is 1.06. The smallest absolute Gasteiger partial charge is 0.113 e. The van der Waals surface area contributed by atoms with Crippen molar-refractivity contribution in [2.45, 2.75) is 39.3 Å². The van der Waals surface area contributed by atoms with Gasteiger partial charge in [-0.15, -0.1) is 0 Å². The summed E-state index contributed by atoms with van der Waals surface area (Å²) in [7, 11) is 2.02. The molecule has 0 saturated heterocycles. The molecule has 0 aliphatic rings. The van der Waals surface area contributed by atoms with E-state index in [2.05, 4.69) is 61.3 Å². The number of nitrogens with one attached hydrogen (secondary N) is 1. The van der Waals surface area contributed by atoms with E-state index in [4.69, 9.17) is 5.26 Å². The predicted molar refractivity (Wildman–Crippen MR) is 76.8 cm³/mol. The molecule has 98 valence electrons. The van der Waals surface area contributed by atoms with Crippen molar-refractivity contribution in [3.63, 3.8) is 0 Å². The van der Waals surface area contributed by atoms with E-state index < -0.39 is 0 Å². The van der Waals surface area contributed by atoms with E-state index in [0.717, 1.165) is 12.1 Å². The van der Waals surface area contributed by atoms with Gasteiger partial charge in [-0.05, 0) is 38.0 Å². The van der Waals surface area contributed by atoms with Gasteiger partial charge in [-0.2, -0.15) is 5.26 Å². The molecule has 1 unspecified atom stereocenters. The summed E-state index contributed by atoms with van der Waals surface area (Å²) in [5.41, 5.74) is 2.49. The molecule has 0 spiro atoms. The van der Waals surface area contributed by atoms with Crippen LogP contribution >= 0.6 is 0 Å². The van der Waals surface area contributed by atoms with Crippen molar-refractivity contribution in [3.8, 4) is 6.07 Å². The Labute approximate surface area is 110 Å². The third-order valence-corrected chi connectivity index (χ3v) is 2.93. The van der Waals surface area contributed by atoms with Crippen LogP contribution in [0.2, 0.25) is 0 Å². The van der Waals surface area contributed by atoms with E-state index in [1.807, 2.05) is 7.05 Å². The molecule has 1 aromatic rings. The van der Waals surface area contributed by atoms with E-state index >= 15 is 0 Å². The first-order valence-electron chi connectivity index (χ1n) is 6.52. The number of hydrogen-bond donors (Lipinski definition) is 1. The van der Waals surface area contributed by atoms with Crippen LogP contribution in [-0.4, -0.2) is 25.7 Å². The monoisotopic (exact) mass is 245 g/mol. The fraction of sp³-hybridized carbons (Fsp3) is 0.533. The van der Waals surface area contributed by atoms with Gasteiger partial charge in [-0.1, -0.05) is 19.1 Å². The molecule has 0 heterocycles. The molecule has 1 N–H and O–H groups in total. The molecule has 0 aliphatic heterocycles. The first-order valence-corrected chi connectivity index (χ1v) is 6.52. The van der Waals surface area contributed by atoms with Crippen molar-refractivity contribution in [2.75, 3.05) is 18.5 Å². The van der Waals surface area contributed by atoms with Gasteiger partial charge >= 0.3 is 0 Å². The summed E-state index contributed by atoms with van der Waals surface area (Å²) in [4.78, 5) is 2.11. The summed E-state index contributed by atoms with van der Waals surface area (Å²) in [5, 5.41) is 12.4. The highest BCUT2D eigenvalue weighted by Crippen LogP contribution is 2.14. The maximum Gasteiger partial charge on any atom is 0.113 e. The van der Waals surface area contributed by atoms with Crippen LogP contribution in [0.25, 0.3) is 0 Å². The minimum Gasteiger partial charge on any atom is -0.372 e. The van der Waals surface area contributed by atoms with Crippen molar-refractivity contribution in [3.05, 3.63) is 29.8 Å². The molecule has 0 aliphatic carbocycles. The Kier molecular flexibility index (Phi) is 5.67. The predicted octanol–water partition coefficient (Wildman–Crippen LogP) is 2.58. The van der Waals surface area contributed by atoms with Crippen molar-refractivity contribution >= 4 is 5.69 Å². The van der Waals surface area contributed by atoms with Crippen LogP contribution in [0.1, 0.15) is 26.3 Å². The number of aryl methyl sites for hydroxylation is 1. The zero-order valence-corrected chi connectivity index (χ0v) is 11.8. The van der Waals surface area contributed by atoms with Crippen LogP contribution in [0.5, 0.6) is 0 Å². The van der Waals surface area contributed by atoms with E-state index in [1.54, 1.807) is 0 Å². The quantitative estimate of drug-likeness (QED) is 0.837. The van der Waals surface area contributed by atoms with Crippen molar-refractivity contribution in [1.29, 1.82) is 5.26 Å². The van der Waals surface area contributed by atoms with Crippen LogP contribution in [0, 0.1) is 11.3 Å². The molecular weight excluding hydrogens is 222 g/mol. The van der Waals surface area contributed by atoms with Gasteiger partial charge in [0.2, 0.25) is 0 Å². The molecule has 0 aromatic heterocycles. The van der Waals surface area contributed by atoms with E-state index in [1.165, 1.54) is 5.56 Å². The molecule has 18 heavy (non-hydrogen) atoms. The first kappa shape index (κ1) is 14.5. The molecule has 0 amide bonds. The summed E-state index contributed by atoms with van der Waals surface area (Å²) < 4.78 is 0. The van der Waals surface area contributed by atoms with Crippen molar-refractivity contribution < 1.29 is 0 Å². The minimum absolute atomic E-state index is 0.138. The van der Waals surface area contributed by atoms with Gasteiger partial charge in [0, 0.05) is 25.3 Å². The number of likely N-dealkylation sites (N-methyl/N-ethyl adjacent to an activating group) is 1. The van der Waals surface area contributed by atoms with Crippen LogP contribution < -0.4 is 10.2 Å². The third kappa shape index (κ3) is 4.38. The lowest BCUT2D eigenvalue weighted by molar-refractivity contribution is 0.528. The lowest BCUT2D eigenvalue weighted by atomic mass is 10.1. The number of nitrogens with zero attached hydrogens (tertiary/aromatic N) is 2. The lowest BCUT2D eigenvalue weighted by Crippen LogP contribution is -2.41. The molecule has 0 saturated carbocycles. The normalized spacial score (nSPS) is 12.2. The number of rotatable bonds is 6. The molecule has 1 atom stereocenters. The second-order valence-corrected chi connectivity index (χ2v) is 4.90. The Morgan fingerprint density at radius 2 is 1.89 bits per heavy atom. The van der Waals surface area contributed by atoms with Crippen LogP contribution in [0.4, 0.5) is 5.69 Å². The van der Waals surface area contributed by atoms with Crippen LogP contribution in [0.15, 0.2) is 24.3 Å². The van der Waals surface area contributed by atoms with Gasteiger partial charge < -0.3 is 4.90 Å². The van der Waals surface area contributed by atoms with E-state index in [-0.39, 0.29) is 6.04 Å². The summed E-state index contributed by atoms with van der Waals surface area (Å²) >= 11 is 0. The lowest BCUT2D eigenvalue weighted by Gasteiger charge is -2.24. The van der Waals surface area contributed by atoms with Crippen LogP contribution in [-0.2, 0) is 6.42 Å². The number of hydrogen-bond acceptors (Lipinski definition) is 3. The number of nitriles is 1. The van der Waals surface area contributed by atoms with E-state index in [9.17, 15) is 0 Å². The minimum atomic E-state index is -0.138. The third-order valence-electron chi connectivity index (χ3n) is 2.93. The zero-order chi connectivity index (χ0) is 13.5. The van der Waals surface area contributed by atoms with Crippen LogP contribution in [0.3, 0.4) is 0 Å². The second-order valence-electron chi connectivity index (χ2n) is 4.90. The van der Waals surface area contributed by atoms with Crippen molar-refractivity contribution in [1.82, 2.24) is 5.32 Å². The van der Waals surface area contributed by atoms with Gasteiger partial charge in [0.25, 0.3) is 0 Å². The average Bonchev–Trinajstić information content (AvgIpc) is 2.37. The SMILES string of the molecule is CCc1ccc(N(C)CC(C#N)NC(C)C)cc1. The Hall–Kier alpha value is -1.53. The summed E-state index contributed by atoms with van der Waals surface area (Å²) in [5.74, 6) is 0. The zero-order valence-electron chi connectivity index (χ0n) is 11.8. The molecule has 1 aromatic carbocycles. The standard InChI is InChI=1S/C15H23N3/c1-5-13-6-8-15(9-7-13)18(4)11-14(10-16)17-12(2)3/h6-9,12,14,17H,5,11H2,1-4H3. The van der Waals surface area contributed by atoms with E-state index in [0.29, 0.717) is 12.6 Å². The largest absolute Gasteiger partial charge is 0.372 e. The molecular formula is C15H23N3. The maximum absolute atomic E-state index is 9.11. The molecule has 0 bridgehead atoms. The van der Waals surface area contributed by atoms with Crippen molar-refractivity contribution in [2.24, 2.45) is 0 Å². The maximum atomic E-state index is 9.11. The van der Waals surface area contributed by atoms with Gasteiger partial charge in [0.1, 0.15) is 6.04 Å². The number of benzene rings is 1. The second kappa shape index (κ2) is 7.03. The first-order chi connectivity index (χ1) is 8.56. The fourth-order valence-electron chi connectivity index (χ4n) is 1.90. The Morgan fingerprint density at radius 3 is 2.33 bits per heavy atom. The van der Waals surface area contributed by atoms with Gasteiger partial charge in [-0.25, -0.2) is 0 Å². The Balaban J connectivity index is 2.63. The molecule has 3 heteroatoms. The topological polar surface area (TPSA) is 39.1 Å².